The molecular weight excluding hydrogens is 471 g/mol. The first kappa shape index (κ1) is 24.5. The van der Waals surface area contributed by atoms with E-state index in [1.807, 2.05) is 13.0 Å². The van der Waals surface area contributed by atoms with Crippen molar-refractivity contribution in [1.82, 2.24) is 19.5 Å². The highest BCUT2D eigenvalue weighted by Crippen LogP contribution is 2.27. The fourth-order valence-electron chi connectivity index (χ4n) is 3.54. The highest BCUT2D eigenvalue weighted by Gasteiger charge is 2.21. The lowest BCUT2D eigenvalue weighted by Gasteiger charge is -2.18. The van der Waals surface area contributed by atoms with Crippen LogP contribution in [0.1, 0.15) is 36.6 Å². The number of hydrogen-bond acceptors (Lipinski definition) is 6. The molecule has 0 radical (unpaired) electrons. The Kier molecular flexibility index (Phi) is 6.69. The first-order valence-corrected chi connectivity index (χ1v) is 11.3. The van der Waals surface area contributed by atoms with Gasteiger partial charge in [-0.05, 0) is 63.1 Å². The van der Waals surface area contributed by atoms with Crippen LogP contribution < -0.4 is 10.3 Å². The van der Waals surface area contributed by atoms with Gasteiger partial charge >= 0.3 is 0 Å². The summed E-state index contributed by atoms with van der Waals surface area (Å²) in [6.07, 6.45) is 1.66. The van der Waals surface area contributed by atoms with Gasteiger partial charge in [0.1, 0.15) is 23.8 Å². The number of benzene rings is 2. The maximum Gasteiger partial charge on any atom is 0.280 e. The van der Waals surface area contributed by atoms with Crippen molar-refractivity contribution in [3.8, 4) is 22.8 Å². The van der Waals surface area contributed by atoms with Gasteiger partial charge in [-0.2, -0.15) is 4.98 Å². The molecule has 0 fully saturated rings. The third-order valence-electron chi connectivity index (χ3n) is 5.35. The van der Waals surface area contributed by atoms with E-state index in [-0.39, 0.29) is 23.3 Å². The van der Waals surface area contributed by atoms with Crippen molar-refractivity contribution in [3.05, 3.63) is 98.7 Å². The minimum atomic E-state index is -1.20. The zero-order valence-electron chi connectivity index (χ0n) is 19.7. The molecule has 0 saturated heterocycles. The summed E-state index contributed by atoms with van der Waals surface area (Å²) >= 11 is 6.34. The van der Waals surface area contributed by atoms with E-state index in [1.165, 1.54) is 16.7 Å². The maximum atomic E-state index is 13.2. The number of aryl methyl sites for hydroxylation is 2. The minimum Gasteiger partial charge on any atom is -0.472 e. The van der Waals surface area contributed by atoms with Crippen LogP contribution in [0, 0.1) is 19.7 Å². The molecule has 0 saturated carbocycles. The molecule has 4 aromatic rings. The number of halogens is 2. The van der Waals surface area contributed by atoms with Gasteiger partial charge in [0.15, 0.2) is 10.8 Å². The Labute approximate surface area is 206 Å². The third kappa shape index (κ3) is 5.23. The van der Waals surface area contributed by atoms with Crippen molar-refractivity contribution >= 4 is 11.6 Å². The van der Waals surface area contributed by atoms with Crippen molar-refractivity contribution in [2.75, 3.05) is 0 Å². The molecule has 180 valence electrons. The lowest BCUT2D eigenvalue weighted by atomic mass is 10.0. The molecule has 0 bridgehead atoms. The maximum absolute atomic E-state index is 13.2. The predicted molar refractivity (Wildman–Crippen MR) is 131 cm³/mol. The monoisotopic (exact) mass is 494 g/mol. The highest BCUT2D eigenvalue weighted by molar-refractivity contribution is 6.31. The van der Waals surface area contributed by atoms with E-state index in [9.17, 15) is 14.3 Å². The van der Waals surface area contributed by atoms with Crippen molar-refractivity contribution in [3.63, 3.8) is 0 Å². The van der Waals surface area contributed by atoms with E-state index >= 15 is 0 Å². The van der Waals surface area contributed by atoms with Gasteiger partial charge in [-0.15, -0.1) is 0 Å². The molecule has 9 heteroatoms. The molecule has 0 atom stereocenters. The van der Waals surface area contributed by atoms with Crippen LogP contribution in [0.5, 0.6) is 5.88 Å². The lowest BCUT2D eigenvalue weighted by molar-refractivity contribution is 0.0688. The Balaban J connectivity index is 1.70. The summed E-state index contributed by atoms with van der Waals surface area (Å²) < 4.78 is 20.2. The molecule has 2 heterocycles. The van der Waals surface area contributed by atoms with Crippen molar-refractivity contribution in [2.24, 2.45) is 0 Å². The average Bonchev–Trinajstić information content (AvgIpc) is 2.81. The van der Waals surface area contributed by atoms with E-state index in [4.69, 9.17) is 16.3 Å². The SMILES string of the molecule is Cc1cnc(C(C)(C)O)nc1-c1cccc(-n2c(C)nc(OCc3ccc(F)cc3)c(Cl)c2=O)c1. The van der Waals surface area contributed by atoms with Gasteiger partial charge in [0.05, 0.1) is 11.4 Å². The molecule has 2 aromatic carbocycles. The summed E-state index contributed by atoms with van der Waals surface area (Å²) in [7, 11) is 0. The van der Waals surface area contributed by atoms with Crippen LogP contribution in [0.2, 0.25) is 5.02 Å². The summed E-state index contributed by atoms with van der Waals surface area (Å²) in [6.45, 7) is 6.88. The van der Waals surface area contributed by atoms with Gasteiger partial charge in [-0.1, -0.05) is 35.9 Å². The molecule has 1 N–H and O–H groups in total. The first-order valence-electron chi connectivity index (χ1n) is 10.9. The second-order valence-electron chi connectivity index (χ2n) is 8.67. The molecule has 2 aromatic heterocycles. The van der Waals surface area contributed by atoms with Crippen LogP contribution in [0.4, 0.5) is 4.39 Å². The van der Waals surface area contributed by atoms with Gasteiger partial charge < -0.3 is 9.84 Å². The molecule has 0 unspecified atom stereocenters. The quantitative estimate of drug-likeness (QED) is 0.410. The molecule has 0 aliphatic carbocycles. The summed E-state index contributed by atoms with van der Waals surface area (Å²) in [4.78, 5) is 26.3. The van der Waals surface area contributed by atoms with E-state index in [0.29, 0.717) is 28.6 Å². The Hall–Kier alpha value is -3.62. The molecular formula is C26H24ClFN4O3. The third-order valence-corrected chi connectivity index (χ3v) is 5.67. The van der Waals surface area contributed by atoms with Gasteiger partial charge in [0.2, 0.25) is 5.88 Å². The standard InChI is InChI=1S/C26H24ClFN4O3/c1-15-13-29-25(26(3,4)34)31-22(15)18-6-5-7-20(12-18)32-16(2)30-23(21(27)24(32)33)35-14-17-8-10-19(28)11-9-17/h5-13,34H,14H2,1-4H3. The zero-order valence-corrected chi connectivity index (χ0v) is 20.5. The van der Waals surface area contributed by atoms with Gasteiger partial charge in [0.25, 0.3) is 5.56 Å². The largest absolute Gasteiger partial charge is 0.472 e. The summed E-state index contributed by atoms with van der Waals surface area (Å²) in [5.41, 5.74) is 1.78. The van der Waals surface area contributed by atoms with Crippen LogP contribution >= 0.6 is 11.6 Å². The van der Waals surface area contributed by atoms with Gasteiger partial charge in [0, 0.05) is 11.8 Å². The predicted octanol–water partition coefficient (Wildman–Crippen LogP) is 4.91. The molecule has 7 nitrogen and oxygen atoms in total. The second kappa shape index (κ2) is 9.56. The number of aromatic nitrogens is 4. The normalized spacial score (nSPS) is 11.5. The number of nitrogens with zero attached hydrogens (tertiary/aromatic N) is 4. The molecule has 4 rings (SSSR count). The van der Waals surface area contributed by atoms with Crippen LogP contribution in [-0.2, 0) is 12.2 Å². The van der Waals surface area contributed by atoms with E-state index < -0.39 is 11.2 Å². The van der Waals surface area contributed by atoms with Crippen molar-refractivity contribution in [1.29, 1.82) is 0 Å². The van der Waals surface area contributed by atoms with Crippen LogP contribution in [-0.4, -0.2) is 24.6 Å². The Morgan fingerprint density at radius 3 is 2.51 bits per heavy atom. The van der Waals surface area contributed by atoms with Gasteiger partial charge in [-0.25, -0.2) is 14.4 Å². The van der Waals surface area contributed by atoms with Crippen molar-refractivity contribution < 1.29 is 14.2 Å². The fourth-order valence-corrected chi connectivity index (χ4v) is 3.72. The number of aliphatic hydroxyl groups is 1. The lowest BCUT2D eigenvalue weighted by Crippen LogP contribution is -2.23. The molecule has 0 aliphatic rings. The average molecular weight is 495 g/mol. The summed E-state index contributed by atoms with van der Waals surface area (Å²) in [5.74, 6) is 0.331. The summed E-state index contributed by atoms with van der Waals surface area (Å²) in [5, 5.41) is 10.2. The smallest absolute Gasteiger partial charge is 0.280 e. The molecule has 0 amide bonds. The summed E-state index contributed by atoms with van der Waals surface area (Å²) in [6, 6.07) is 13.1. The Morgan fingerprint density at radius 2 is 1.83 bits per heavy atom. The van der Waals surface area contributed by atoms with E-state index in [2.05, 4.69) is 15.0 Å². The molecule has 0 spiro atoms. The van der Waals surface area contributed by atoms with E-state index in [1.54, 1.807) is 57.3 Å². The fraction of sp³-hybridized carbons (Fsp3) is 0.231. The van der Waals surface area contributed by atoms with Crippen LogP contribution in [0.25, 0.3) is 16.9 Å². The number of ether oxygens (including phenoxy) is 1. The zero-order chi connectivity index (χ0) is 25.3. The first-order chi connectivity index (χ1) is 16.5. The van der Waals surface area contributed by atoms with E-state index in [0.717, 1.165) is 11.1 Å². The van der Waals surface area contributed by atoms with Crippen LogP contribution in [0.3, 0.4) is 0 Å². The number of rotatable bonds is 6. The Morgan fingerprint density at radius 1 is 1.11 bits per heavy atom. The number of hydrogen-bond donors (Lipinski definition) is 1. The second-order valence-corrected chi connectivity index (χ2v) is 9.05. The highest BCUT2D eigenvalue weighted by atomic mass is 35.5. The van der Waals surface area contributed by atoms with Crippen molar-refractivity contribution in [2.45, 2.75) is 39.9 Å². The van der Waals surface area contributed by atoms with Crippen LogP contribution in [0.15, 0.2) is 59.5 Å². The Bertz CT molecular complexity index is 1450. The minimum absolute atomic E-state index is 0.00681. The molecule has 0 aliphatic heterocycles. The topological polar surface area (TPSA) is 90.1 Å². The van der Waals surface area contributed by atoms with Gasteiger partial charge in [-0.3, -0.25) is 9.36 Å². The molecule has 35 heavy (non-hydrogen) atoms.